The van der Waals surface area contributed by atoms with Gasteiger partial charge < -0.3 is 4.74 Å². The number of hydrogen-bond acceptors (Lipinski definition) is 5. The van der Waals surface area contributed by atoms with Crippen molar-refractivity contribution in [1.82, 2.24) is 15.2 Å². The van der Waals surface area contributed by atoms with Crippen molar-refractivity contribution in [2.45, 2.75) is 10.9 Å². The average molecular weight is 284 g/mol. The van der Waals surface area contributed by atoms with E-state index in [0.717, 1.165) is 5.56 Å². The summed E-state index contributed by atoms with van der Waals surface area (Å²) in [4.78, 5) is 15.4. The molecule has 2 aromatic rings. The number of thioether (sulfide) groups is 1. The molecule has 0 aliphatic heterocycles. The van der Waals surface area contributed by atoms with Crippen LogP contribution in [0.4, 0.5) is 0 Å². The van der Waals surface area contributed by atoms with Gasteiger partial charge in [0.2, 0.25) is 0 Å². The molecule has 5 nitrogen and oxygen atoms in total. The van der Waals surface area contributed by atoms with Crippen LogP contribution in [0.5, 0.6) is 0 Å². The van der Waals surface area contributed by atoms with Gasteiger partial charge >= 0.3 is 5.97 Å². The van der Waals surface area contributed by atoms with Gasteiger partial charge in [-0.2, -0.15) is 5.10 Å². The van der Waals surface area contributed by atoms with Crippen LogP contribution >= 0.6 is 23.4 Å². The van der Waals surface area contributed by atoms with Crippen molar-refractivity contribution in [2.75, 3.05) is 7.11 Å². The molecule has 18 heavy (non-hydrogen) atoms. The van der Waals surface area contributed by atoms with Crippen LogP contribution in [0.3, 0.4) is 0 Å². The van der Waals surface area contributed by atoms with Crippen LogP contribution in [0.1, 0.15) is 15.9 Å². The van der Waals surface area contributed by atoms with Crippen LogP contribution in [0, 0.1) is 0 Å². The van der Waals surface area contributed by atoms with E-state index >= 15 is 0 Å². The Hall–Kier alpha value is -1.53. The number of methoxy groups -OCH3 is 1. The lowest BCUT2D eigenvalue weighted by Crippen LogP contribution is -2.01. The van der Waals surface area contributed by atoms with Gasteiger partial charge in [0, 0.05) is 10.8 Å². The minimum absolute atomic E-state index is 0.377. The molecule has 0 saturated carbocycles. The Balaban J connectivity index is 2.13. The minimum Gasteiger partial charge on any atom is -0.465 e. The molecule has 0 atom stereocenters. The van der Waals surface area contributed by atoms with Crippen molar-refractivity contribution in [3.8, 4) is 0 Å². The summed E-state index contributed by atoms with van der Waals surface area (Å²) >= 11 is 7.53. The third-order valence-electron chi connectivity index (χ3n) is 2.22. The van der Waals surface area contributed by atoms with Crippen LogP contribution < -0.4 is 0 Å². The third-order valence-corrected chi connectivity index (χ3v) is 3.52. The summed E-state index contributed by atoms with van der Waals surface area (Å²) < 4.78 is 4.66. The molecule has 1 N–H and O–H groups in total. The fraction of sp³-hybridized carbons (Fsp3) is 0.182. The largest absolute Gasteiger partial charge is 0.465 e. The van der Waals surface area contributed by atoms with E-state index in [-0.39, 0.29) is 5.97 Å². The average Bonchev–Trinajstić information content (AvgIpc) is 2.90. The first-order valence-electron chi connectivity index (χ1n) is 5.05. The van der Waals surface area contributed by atoms with E-state index < -0.39 is 0 Å². The molecule has 0 saturated heterocycles. The van der Waals surface area contributed by atoms with Crippen LogP contribution in [0.25, 0.3) is 0 Å². The summed E-state index contributed by atoms with van der Waals surface area (Å²) in [5, 5.41) is 7.80. The predicted molar refractivity (Wildman–Crippen MR) is 68.7 cm³/mol. The van der Waals surface area contributed by atoms with Crippen molar-refractivity contribution in [1.29, 1.82) is 0 Å². The number of aromatic nitrogens is 3. The number of carbonyl (C=O) groups excluding carboxylic acids is 1. The van der Waals surface area contributed by atoms with Crippen molar-refractivity contribution in [2.24, 2.45) is 0 Å². The van der Waals surface area contributed by atoms with E-state index in [4.69, 9.17) is 11.6 Å². The Morgan fingerprint density at radius 2 is 2.39 bits per heavy atom. The Morgan fingerprint density at radius 1 is 1.56 bits per heavy atom. The SMILES string of the molecule is COC(=O)c1ccc(Cl)c(CSc2ncn[nH]2)c1. The highest BCUT2D eigenvalue weighted by atomic mass is 35.5. The zero-order chi connectivity index (χ0) is 13.0. The number of nitrogens with zero attached hydrogens (tertiary/aromatic N) is 2. The van der Waals surface area contributed by atoms with E-state index in [0.29, 0.717) is 21.5 Å². The van der Waals surface area contributed by atoms with Gasteiger partial charge in [0.05, 0.1) is 12.7 Å². The van der Waals surface area contributed by atoms with Gasteiger partial charge in [0.25, 0.3) is 0 Å². The molecule has 1 aromatic carbocycles. The summed E-state index contributed by atoms with van der Waals surface area (Å²) in [6.07, 6.45) is 1.44. The maximum Gasteiger partial charge on any atom is 0.337 e. The molecular weight excluding hydrogens is 274 g/mol. The fourth-order valence-electron chi connectivity index (χ4n) is 1.34. The number of esters is 1. The lowest BCUT2D eigenvalue weighted by molar-refractivity contribution is 0.0600. The molecule has 0 bridgehead atoms. The molecule has 0 amide bonds. The Morgan fingerprint density at radius 3 is 3.06 bits per heavy atom. The molecule has 0 fully saturated rings. The second kappa shape index (κ2) is 5.88. The van der Waals surface area contributed by atoms with Gasteiger partial charge in [-0.05, 0) is 23.8 Å². The molecule has 7 heteroatoms. The first kappa shape index (κ1) is 12.9. The van der Waals surface area contributed by atoms with E-state index in [1.165, 1.54) is 25.2 Å². The van der Waals surface area contributed by atoms with Crippen molar-refractivity contribution in [3.63, 3.8) is 0 Å². The number of rotatable bonds is 4. The lowest BCUT2D eigenvalue weighted by atomic mass is 10.1. The quantitative estimate of drug-likeness (QED) is 0.690. The van der Waals surface area contributed by atoms with Gasteiger partial charge in [-0.1, -0.05) is 23.4 Å². The number of hydrogen-bond donors (Lipinski definition) is 1. The Labute approximate surface area is 113 Å². The number of ether oxygens (including phenoxy) is 1. The van der Waals surface area contributed by atoms with Gasteiger partial charge in [0.15, 0.2) is 5.16 Å². The third kappa shape index (κ3) is 3.02. The molecule has 1 aromatic heterocycles. The van der Waals surface area contributed by atoms with Crippen LogP contribution in [-0.2, 0) is 10.5 Å². The maximum atomic E-state index is 11.4. The van der Waals surface area contributed by atoms with Gasteiger partial charge in [0.1, 0.15) is 6.33 Å². The molecule has 0 radical (unpaired) electrons. The standard InChI is InChI=1S/C11H10ClN3O2S/c1-17-10(16)7-2-3-9(12)8(4-7)5-18-11-13-6-14-15-11/h2-4,6H,5H2,1H3,(H,13,14,15). The molecule has 94 valence electrons. The van der Waals surface area contributed by atoms with Crippen molar-refractivity contribution in [3.05, 3.63) is 40.7 Å². The molecular formula is C11H10ClN3O2S. The summed E-state index contributed by atoms with van der Waals surface area (Å²) in [5.74, 6) is 0.219. The second-order valence-corrected chi connectivity index (χ2v) is 4.75. The van der Waals surface area contributed by atoms with E-state index in [9.17, 15) is 4.79 Å². The highest BCUT2D eigenvalue weighted by molar-refractivity contribution is 7.98. The molecule has 0 aliphatic carbocycles. The van der Waals surface area contributed by atoms with Crippen LogP contribution in [0.15, 0.2) is 29.7 Å². The van der Waals surface area contributed by atoms with Crippen molar-refractivity contribution < 1.29 is 9.53 Å². The summed E-state index contributed by atoms with van der Waals surface area (Å²) in [6.45, 7) is 0. The second-order valence-electron chi connectivity index (χ2n) is 3.38. The topological polar surface area (TPSA) is 67.9 Å². The number of benzene rings is 1. The van der Waals surface area contributed by atoms with Crippen LogP contribution in [0.2, 0.25) is 5.02 Å². The summed E-state index contributed by atoms with van der Waals surface area (Å²) in [6, 6.07) is 5.04. The van der Waals surface area contributed by atoms with Crippen LogP contribution in [-0.4, -0.2) is 28.3 Å². The van der Waals surface area contributed by atoms with Gasteiger partial charge in [-0.3, -0.25) is 5.10 Å². The van der Waals surface area contributed by atoms with Crippen molar-refractivity contribution >= 4 is 29.3 Å². The van der Waals surface area contributed by atoms with Gasteiger partial charge in [-0.15, -0.1) is 0 Å². The normalized spacial score (nSPS) is 10.3. The first-order chi connectivity index (χ1) is 8.70. The summed E-state index contributed by atoms with van der Waals surface area (Å²) in [7, 11) is 1.35. The minimum atomic E-state index is -0.377. The van der Waals surface area contributed by atoms with E-state index in [1.807, 2.05) is 0 Å². The first-order valence-corrected chi connectivity index (χ1v) is 6.42. The van der Waals surface area contributed by atoms with E-state index in [1.54, 1.807) is 18.2 Å². The zero-order valence-electron chi connectivity index (χ0n) is 9.51. The van der Waals surface area contributed by atoms with Gasteiger partial charge in [-0.25, -0.2) is 9.78 Å². The number of aromatic amines is 1. The zero-order valence-corrected chi connectivity index (χ0v) is 11.1. The monoisotopic (exact) mass is 283 g/mol. The molecule has 0 unspecified atom stereocenters. The number of nitrogens with one attached hydrogen (secondary N) is 1. The highest BCUT2D eigenvalue weighted by Gasteiger charge is 2.09. The molecule has 0 aliphatic rings. The molecule has 0 spiro atoms. The highest BCUT2D eigenvalue weighted by Crippen LogP contribution is 2.25. The molecule has 2 rings (SSSR count). The fourth-order valence-corrected chi connectivity index (χ4v) is 2.37. The molecule has 1 heterocycles. The number of halogens is 1. The maximum absolute atomic E-state index is 11.4. The smallest absolute Gasteiger partial charge is 0.337 e. The van der Waals surface area contributed by atoms with E-state index in [2.05, 4.69) is 19.9 Å². The number of carbonyl (C=O) groups is 1. The Bertz CT molecular complexity index is 545. The Kier molecular flexibility index (Phi) is 4.22. The lowest BCUT2D eigenvalue weighted by Gasteiger charge is -2.05. The summed E-state index contributed by atoms with van der Waals surface area (Å²) in [5.41, 5.74) is 1.33. The number of H-pyrrole nitrogens is 1. The predicted octanol–water partition coefficient (Wildman–Crippen LogP) is 2.54.